The van der Waals surface area contributed by atoms with Gasteiger partial charge in [0.05, 0.1) is 6.61 Å². The van der Waals surface area contributed by atoms with Crippen LogP contribution in [0.4, 0.5) is 0 Å². The third kappa shape index (κ3) is 2.53. The minimum atomic E-state index is 0.759. The van der Waals surface area contributed by atoms with Gasteiger partial charge in [0, 0.05) is 26.0 Å². The molecule has 0 N–H and O–H groups in total. The highest BCUT2D eigenvalue weighted by molar-refractivity contribution is 5.47. The Bertz CT molecular complexity index is 143. The van der Waals surface area contributed by atoms with Gasteiger partial charge in [-0.3, -0.25) is 0 Å². The Morgan fingerprint density at radius 1 is 1.60 bits per heavy atom. The van der Waals surface area contributed by atoms with Gasteiger partial charge in [-0.05, 0) is 6.42 Å². The van der Waals surface area contributed by atoms with Crippen molar-refractivity contribution in [3.8, 4) is 0 Å². The maximum atomic E-state index is 5.03. The Kier molecular flexibility index (Phi) is 2.80. The van der Waals surface area contributed by atoms with Gasteiger partial charge in [-0.2, -0.15) is 0 Å². The quantitative estimate of drug-likeness (QED) is 0.498. The zero-order chi connectivity index (χ0) is 7.23. The SMILES string of the molecule is CN1C=CN=COCCC1. The van der Waals surface area contributed by atoms with Crippen LogP contribution in [0.25, 0.3) is 0 Å². The summed E-state index contributed by atoms with van der Waals surface area (Å²) in [5.74, 6) is 0. The fourth-order valence-electron chi connectivity index (χ4n) is 0.755. The molecule has 1 aliphatic heterocycles. The molecule has 10 heavy (non-hydrogen) atoms. The summed E-state index contributed by atoms with van der Waals surface area (Å²) < 4.78 is 5.03. The number of hydrogen-bond acceptors (Lipinski definition) is 3. The van der Waals surface area contributed by atoms with Crippen molar-refractivity contribution in [1.29, 1.82) is 0 Å². The van der Waals surface area contributed by atoms with Crippen LogP contribution >= 0.6 is 0 Å². The average Bonchev–Trinajstić information content (AvgIpc) is 2.02. The highest BCUT2D eigenvalue weighted by atomic mass is 16.5. The predicted molar refractivity (Wildman–Crippen MR) is 40.8 cm³/mol. The number of ether oxygens (including phenoxy) is 1. The molecule has 0 unspecified atom stereocenters. The van der Waals surface area contributed by atoms with Gasteiger partial charge in [-0.15, -0.1) is 0 Å². The Balaban J connectivity index is 2.40. The third-order valence-corrected chi connectivity index (χ3v) is 1.32. The van der Waals surface area contributed by atoms with Crippen LogP contribution in [0.3, 0.4) is 0 Å². The van der Waals surface area contributed by atoms with E-state index in [1.807, 2.05) is 13.2 Å². The Morgan fingerprint density at radius 2 is 2.50 bits per heavy atom. The molecule has 1 aliphatic rings. The summed E-state index contributed by atoms with van der Waals surface area (Å²) in [6.07, 6.45) is 6.19. The molecule has 0 bridgehead atoms. The van der Waals surface area contributed by atoms with Gasteiger partial charge in [-0.25, -0.2) is 4.99 Å². The Morgan fingerprint density at radius 3 is 3.40 bits per heavy atom. The molecule has 0 saturated carbocycles. The van der Waals surface area contributed by atoms with Gasteiger partial charge in [0.1, 0.15) is 0 Å². The molecular formula is C7H12N2O. The van der Waals surface area contributed by atoms with Gasteiger partial charge in [0.15, 0.2) is 6.40 Å². The molecule has 0 radical (unpaired) electrons. The minimum absolute atomic E-state index is 0.759. The lowest BCUT2D eigenvalue weighted by molar-refractivity contribution is 0.293. The first-order valence-electron chi connectivity index (χ1n) is 3.40. The molecule has 0 aromatic carbocycles. The van der Waals surface area contributed by atoms with Gasteiger partial charge in [0.2, 0.25) is 0 Å². The highest BCUT2D eigenvalue weighted by Crippen LogP contribution is 1.91. The monoisotopic (exact) mass is 140 g/mol. The molecule has 3 heteroatoms. The van der Waals surface area contributed by atoms with Crippen LogP contribution in [0.2, 0.25) is 0 Å². The largest absolute Gasteiger partial charge is 0.483 e. The number of nitrogens with zero attached hydrogens (tertiary/aromatic N) is 2. The second-order valence-electron chi connectivity index (χ2n) is 2.26. The topological polar surface area (TPSA) is 24.8 Å². The normalized spacial score (nSPS) is 19.1. The maximum absolute atomic E-state index is 5.03. The zero-order valence-electron chi connectivity index (χ0n) is 6.16. The van der Waals surface area contributed by atoms with E-state index in [0.29, 0.717) is 0 Å². The van der Waals surface area contributed by atoms with Crippen molar-refractivity contribution in [2.45, 2.75) is 6.42 Å². The summed E-state index contributed by atoms with van der Waals surface area (Å²) in [5, 5.41) is 0. The zero-order valence-corrected chi connectivity index (χ0v) is 6.16. The van der Waals surface area contributed by atoms with E-state index < -0.39 is 0 Å². The van der Waals surface area contributed by atoms with E-state index in [-0.39, 0.29) is 0 Å². The van der Waals surface area contributed by atoms with Gasteiger partial charge in [0.25, 0.3) is 0 Å². The summed E-state index contributed by atoms with van der Waals surface area (Å²) in [6, 6.07) is 0. The summed E-state index contributed by atoms with van der Waals surface area (Å²) in [7, 11) is 2.03. The Labute approximate surface area is 61.0 Å². The molecule has 0 saturated heterocycles. The van der Waals surface area contributed by atoms with Gasteiger partial charge in [-0.1, -0.05) is 0 Å². The molecule has 0 fully saturated rings. The maximum Gasteiger partial charge on any atom is 0.173 e. The van der Waals surface area contributed by atoms with Crippen LogP contribution in [0.1, 0.15) is 6.42 Å². The van der Waals surface area contributed by atoms with Crippen LogP contribution in [-0.4, -0.2) is 31.5 Å². The van der Waals surface area contributed by atoms with Crippen LogP contribution in [0, 0.1) is 0 Å². The highest BCUT2D eigenvalue weighted by Gasteiger charge is 1.92. The predicted octanol–water partition coefficient (Wildman–Crippen LogP) is 0.838. The van der Waals surface area contributed by atoms with Crippen LogP contribution in [0.15, 0.2) is 17.4 Å². The van der Waals surface area contributed by atoms with Crippen molar-refractivity contribution in [2.75, 3.05) is 20.2 Å². The fourth-order valence-corrected chi connectivity index (χ4v) is 0.755. The fraction of sp³-hybridized carbons (Fsp3) is 0.571. The summed E-state index contributed by atoms with van der Waals surface area (Å²) >= 11 is 0. The van der Waals surface area contributed by atoms with Crippen molar-refractivity contribution in [3.05, 3.63) is 12.4 Å². The molecule has 0 amide bonds. The van der Waals surface area contributed by atoms with Crippen LogP contribution in [-0.2, 0) is 4.74 Å². The van der Waals surface area contributed by atoms with E-state index in [1.54, 1.807) is 6.20 Å². The third-order valence-electron chi connectivity index (χ3n) is 1.32. The standard InChI is InChI=1S/C7H12N2O/c1-9-4-2-6-10-7-8-3-5-9/h3,5,7H,2,4,6H2,1H3. The van der Waals surface area contributed by atoms with E-state index in [9.17, 15) is 0 Å². The summed E-state index contributed by atoms with van der Waals surface area (Å²) in [6.45, 7) is 1.79. The molecule has 0 spiro atoms. The Hall–Kier alpha value is -0.990. The number of aliphatic imine (C=N–C) groups is 1. The molecule has 3 nitrogen and oxygen atoms in total. The van der Waals surface area contributed by atoms with E-state index in [0.717, 1.165) is 19.6 Å². The molecule has 56 valence electrons. The lowest BCUT2D eigenvalue weighted by Gasteiger charge is -2.10. The van der Waals surface area contributed by atoms with Crippen molar-refractivity contribution in [3.63, 3.8) is 0 Å². The lowest BCUT2D eigenvalue weighted by Crippen LogP contribution is -2.13. The van der Waals surface area contributed by atoms with Crippen molar-refractivity contribution in [1.82, 2.24) is 4.90 Å². The molecule has 1 rings (SSSR count). The van der Waals surface area contributed by atoms with E-state index in [2.05, 4.69) is 9.89 Å². The smallest absolute Gasteiger partial charge is 0.173 e. The van der Waals surface area contributed by atoms with Crippen LogP contribution in [0.5, 0.6) is 0 Å². The van der Waals surface area contributed by atoms with Gasteiger partial charge >= 0.3 is 0 Å². The molecule has 0 aliphatic carbocycles. The molecule has 0 aromatic heterocycles. The van der Waals surface area contributed by atoms with Crippen molar-refractivity contribution in [2.24, 2.45) is 4.99 Å². The van der Waals surface area contributed by atoms with Crippen molar-refractivity contribution < 1.29 is 4.74 Å². The molecule has 0 atom stereocenters. The molecular weight excluding hydrogens is 128 g/mol. The van der Waals surface area contributed by atoms with Crippen molar-refractivity contribution >= 4 is 6.40 Å². The minimum Gasteiger partial charge on any atom is -0.483 e. The average molecular weight is 140 g/mol. The van der Waals surface area contributed by atoms with Crippen LogP contribution < -0.4 is 0 Å². The first-order valence-corrected chi connectivity index (χ1v) is 3.40. The first kappa shape index (κ1) is 7.12. The second kappa shape index (κ2) is 3.93. The summed E-state index contributed by atoms with van der Waals surface area (Å²) in [5.41, 5.74) is 0. The summed E-state index contributed by atoms with van der Waals surface area (Å²) in [4.78, 5) is 5.96. The number of hydrogen-bond donors (Lipinski definition) is 0. The van der Waals surface area contributed by atoms with E-state index >= 15 is 0 Å². The molecule has 0 aromatic rings. The van der Waals surface area contributed by atoms with Gasteiger partial charge < -0.3 is 9.64 Å². The number of rotatable bonds is 0. The van der Waals surface area contributed by atoms with E-state index in [4.69, 9.17) is 4.74 Å². The first-order chi connectivity index (χ1) is 4.89. The lowest BCUT2D eigenvalue weighted by atomic mass is 10.4. The van der Waals surface area contributed by atoms with E-state index in [1.165, 1.54) is 6.40 Å². The molecule has 1 heterocycles. The second-order valence-corrected chi connectivity index (χ2v) is 2.26.